The second-order valence-electron chi connectivity index (χ2n) is 6.62. The van der Waals surface area contributed by atoms with Crippen molar-refractivity contribution in [3.63, 3.8) is 0 Å². The first kappa shape index (κ1) is 17.8. The van der Waals surface area contributed by atoms with Crippen molar-refractivity contribution < 1.29 is 14.0 Å². The Morgan fingerprint density at radius 1 is 1.31 bits per heavy atom. The molecule has 0 spiro atoms. The molecule has 1 aromatic carbocycles. The van der Waals surface area contributed by atoms with Crippen LogP contribution in [-0.2, 0) is 6.54 Å². The predicted octanol–water partition coefficient (Wildman–Crippen LogP) is 1.99. The van der Waals surface area contributed by atoms with Crippen molar-refractivity contribution >= 4 is 11.8 Å². The van der Waals surface area contributed by atoms with E-state index in [9.17, 15) is 18.8 Å². The van der Waals surface area contributed by atoms with Gasteiger partial charge >= 0.3 is 0 Å². The summed E-state index contributed by atoms with van der Waals surface area (Å²) in [6.45, 7) is 1.87. The normalized spacial score (nSPS) is 13.3. The summed E-state index contributed by atoms with van der Waals surface area (Å²) in [4.78, 5) is 40.6. The molecule has 0 bridgehead atoms. The van der Waals surface area contributed by atoms with Gasteiger partial charge in [-0.25, -0.2) is 4.39 Å². The number of hydrogen-bond acceptors (Lipinski definition) is 3. The van der Waals surface area contributed by atoms with E-state index in [0.717, 1.165) is 18.4 Å². The minimum absolute atomic E-state index is 0.102. The summed E-state index contributed by atoms with van der Waals surface area (Å²) in [6, 6.07) is 6.08. The molecule has 1 saturated carbocycles. The van der Waals surface area contributed by atoms with Crippen LogP contribution in [0.4, 0.5) is 4.39 Å². The molecule has 0 aliphatic heterocycles. The first-order valence-corrected chi connectivity index (χ1v) is 8.39. The van der Waals surface area contributed by atoms with E-state index in [0.29, 0.717) is 5.56 Å². The Morgan fingerprint density at radius 3 is 2.69 bits per heavy atom. The number of aromatic nitrogens is 1. The van der Waals surface area contributed by atoms with Crippen LogP contribution in [0.1, 0.15) is 44.7 Å². The van der Waals surface area contributed by atoms with E-state index in [-0.39, 0.29) is 35.4 Å². The second-order valence-corrected chi connectivity index (χ2v) is 6.62. The van der Waals surface area contributed by atoms with E-state index >= 15 is 0 Å². The summed E-state index contributed by atoms with van der Waals surface area (Å²) in [7, 11) is 1.55. The fourth-order valence-electron chi connectivity index (χ4n) is 2.63. The molecule has 2 N–H and O–H groups in total. The number of carbonyl (C=O) groups excluding carboxylic acids is 2. The maximum atomic E-state index is 13.4. The molecular formula is C19H20FN3O3. The molecule has 1 aromatic heterocycles. The average molecular weight is 357 g/mol. The lowest BCUT2D eigenvalue weighted by Gasteiger charge is -2.17. The molecule has 0 unspecified atom stereocenters. The van der Waals surface area contributed by atoms with Crippen LogP contribution >= 0.6 is 0 Å². The highest BCUT2D eigenvalue weighted by molar-refractivity contribution is 5.99. The molecular weight excluding hydrogens is 337 g/mol. The molecule has 2 amide bonds. The Hall–Kier alpha value is -2.96. The van der Waals surface area contributed by atoms with Crippen LogP contribution in [0.5, 0.6) is 0 Å². The summed E-state index contributed by atoms with van der Waals surface area (Å²) < 4.78 is 13.4. The Kier molecular flexibility index (Phi) is 4.88. The largest absolute Gasteiger partial charge is 0.349 e. The first-order valence-electron chi connectivity index (χ1n) is 8.39. The highest BCUT2D eigenvalue weighted by atomic mass is 19.1. The Labute approximate surface area is 150 Å². The number of H-pyrrole nitrogens is 1. The third-order valence-corrected chi connectivity index (χ3v) is 4.30. The van der Waals surface area contributed by atoms with E-state index < -0.39 is 11.5 Å². The van der Waals surface area contributed by atoms with E-state index in [1.54, 1.807) is 26.1 Å². The molecule has 26 heavy (non-hydrogen) atoms. The molecule has 0 atom stereocenters. The molecule has 7 heteroatoms. The van der Waals surface area contributed by atoms with E-state index in [4.69, 9.17) is 0 Å². The van der Waals surface area contributed by atoms with Crippen molar-refractivity contribution in [2.24, 2.45) is 0 Å². The van der Waals surface area contributed by atoms with Gasteiger partial charge in [-0.3, -0.25) is 14.4 Å². The molecule has 3 rings (SSSR count). The van der Waals surface area contributed by atoms with E-state index in [1.807, 2.05) is 0 Å². The number of benzene rings is 1. The van der Waals surface area contributed by atoms with Gasteiger partial charge in [0.25, 0.3) is 17.4 Å². The molecule has 1 heterocycles. The van der Waals surface area contributed by atoms with Gasteiger partial charge in [0.15, 0.2) is 0 Å². The average Bonchev–Trinajstić information content (AvgIpc) is 3.41. The van der Waals surface area contributed by atoms with Gasteiger partial charge < -0.3 is 15.2 Å². The zero-order valence-corrected chi connectivity index (χ0v) is 14.6. The fourth-order valence-corrected chi connectivity index (χ4v) is 2.63. The number of pyridine rings is 1. The summed E-state index contributed by atoms with van der Waals surface area (Å²) in [6.07, 6.45) is 3.20. The fraction of sp³-hybridized carbons (Fsp3) is 0.316. The molecule has 2 aromatic rings. The molecule has 6 nitrogen and oxygen atoms in total. The van der Waals surface area contributed by atoms with E-state index in [2.05, 4.69) is 10.3 Å². The summed E-state index contributed by atoms with van der Waals surface area (Å²) in [5.41, 5.74) is 0.819. The Balaban J connectivity index is 1.77. The standard InChI is InChI=1S/C19H20FN3O3/c1-11-7-12(3-6-16(11)20)10-23(2)19(26)15-8-13(9-21-18(15)25)17(24)22-14-4-5-14/h3,6-9,14H,4-5,10H2,1-2H3,(H,21,25)(H,22,24). The van der Waals surface area contributed by atoms with Crippen molar-refractivity contribution in [2.75, 3.05) is 7.05 Å². The van der Waals surface area contributed by atoms with Crippen molar-refractivity contribution in [1.82, 2.24) is 15.2 Å². The number of nitrogens with zero attached hydrogens (tertiary/aromatic N) is 1. The highest BCUT2D eigenvalue weighted by Gasteiger charge is 2.25. The van der Waals surface area contributed by atoms with Crippen LogP contribution in [0.3, 0.4) is 0 Å². The maximum Gasteiger partial charge on any atom is 0.260 e. The number of nitrogens with one attached hydrogen (secondary N) is 2. The molecule has 0 saturated heterocycles. The molecule has 0 radical (unpaired) electrons. The van der Waals surface area contributed by atoms with E-state index in [1.165, 1.54) is 23.2 Å². The molecule has 1 aliphatic carbocycles. The van der Waals surface area contributed by atoms with Crippen LogP contribution in [-0.4, -0.2) is 34.8 Å². The number of rotatable bonds is 5. The zero-order chi connectivity index (χ0) is 18.8. The zero-order valence-electron chi connectivity index (χ0n) is 14.6. The van der Waals surface area contributed by atoms with Crippen molar-refractivity contribution in [3.8, 4) is 0 Å². The maximum absolute atomic E-state index is 13.4. The number of amides is 2. The van der Waals surface area contributed by atoms with Crippen molar-refractivity contribution in [2.45, 2.75) is 32.4 Å². The Morgan fingerprint density at radius 2 is 2.04 bits per heavy atom. The lowest BCUT2D eigenvalue weighted by atomic mass is 10.1. The van der Waals surface area contributed by atoms with Crippen LogP contribution in [0, 0.1) is 12.7 Å². The van der Waals surface area contributed by atoms with Crippen LogP contribution < -0.4 is 10.9 Å². The smallest absolute Gasteiger partial charge is 0.260 e. The topological polar surface area (TPSA) is 82.3 Å². The van der Waals surface area contributed by atoms with Gasteiger partial charge in [-0.2, -0.15) is 0 Å². The van der Waals surface area contributed by atoms with Crippen molar-refractivity contribution in [1.29, 1.82) is 0 Å². The second kappa shape index (κ2) is 7.11. The first-order chi connectivity index (χ1) is 12.3. The number of aryl methyl sites for hydroxylation is 1. The van der Waals surface area contributed by atoms with Gasteiger partial charge in [0, 0.05) is 25.8 Å². The number of aromatic amines is 1. The van der Waals surface area contributed by atoms with Gasteiger partial charge in [-0.15, -0.1) is 0 Å². The van der Waals surface area contributed by atoms with Crippen molar-refractivity contribution in [3.05, 3.63) is 68.9 Å². The van der Waals surface area contributed by atoms with Gasteiger partial charge in [0.2, 0.25) is 0 Å². The summed E-state index contributed by atoms with van der Waals surface area (Å²) in [5.74, 6) is -1.13. The highest BCUT2D eigenvalue weighted by Crippen LogP contribution is 2.19. The molecule has 1 aliphatic rings. The minimum Gasteiger partial charge on any atom is -0.349 e. The quantitative estimate of drug-likeness (QED) is 0.858. The molecule has 1 fully saturated rings. The van der Waals surface area contributed by atoms with Crippen LogP contribution in [0.25, 0.3) is 0 Å². The van der Waals surface area contributed by atoms with Crippen LogP contribution in [0.15, 0.2) is 35.3 Å². The summed E-state index contributed by atoms with van der Waals surface area (Å²) >= 11 is 0. The monoisotopic (exact) mass is 357 g/mol. The van der Waals surface area contributed by atoms with Gasteiger partial charge in [-0.1, -0.05) is 12.1 Å². The third kappa shape index (κ3) is 3.99. The number of carbonyl (C=O) groups is 2. The van der Waals surface area contributed by atoms with Gasteiger partial charge in [0.1, 0.15) is 11.4 Å². The number of halogens is 1. The third-order valence-electron chi connectivity index (χ3n) is 4.30. The Bertz CT molecular complexity index is 918. The number of hydrogen-bond donors (Lipinski definition) is 2. The predicted molar refractivity (Wildman–Crippen MR) is 94.5 cm³/mol. The van der Waals surface area contributed by atoms with Gasteiger partial charge in [0.05, 0.1) is 5.56 Å². The van der Waals surface area contributed by atoms with Gasteiger partial charge in [-0.05, 0) is 43.0 Å². The molecule has 136 valence electrons. The summed E-state index contributed by atoms with van der Waals surface area (Å²) in [5, 5.41) is 2.81. The SMILES string of the molecule is Cc1cc(CN(C)C(=O)c2cc(C(=O)NC3CC3)c[nH]c2=O)ccc1F. The minimum atomic E-state index is -0.555. The lowest BCUT2D eigenvalue weighted by molar-refractivity contribution is 0.0783. The van der Waals surface area contributed by atoms with Crippen LogP contribution in [0.2, 0.25) is 0 Å². The lowest BCUT2D eigenvalue weighted by Crippen LogP contribution is -2.33.